The number of carbonyl (C=O) groups is 3. The molecule has 1 saturated heterocycles. The third-order valence-corrected chi connectivity index (χ3v) is 8.67. The Morgan fingerprint density at radius 3 is 2.70 bits per heavy atom. The molecule has 1 aromatic carbocycles. The maximum absolute atomic E-state index is 14.8. The molecular weight excluding hydrogens is 579 g/mol. The average Bonchev–Trinajstić information content (AvgIpc) is 3.40. The Bertz CT molecular complexity index is 1590. The van der Waals surface area contributed by atoms with Crippen molar-refractivity contribution >= 4 is 29.8 Å². The Morgan fingerprint density at radius 1 is 1.23 bits per heavy atom. The topological polar surface area (TPSA) is 241 Å². The first-order valence-electron chi connectivity index (χ1n) is 13.9. The van der Waals surface area contributed by atoms with E-state index in [2.05, 4.69) is 43.1 Å². The van der Waals surface area contributed by atoms with Crippen molar-refractivity contribution in [1.82, 2.24) is 31.5 Å². The van der Waals surface area contributed by atoms with Crippen molar-refractivity contribution in [3.8, 4) is 5.75 Å². The fraction of sp³-hybridized carbons (Fsp3) is 0.444. The normalized spacial score (nSPS) is 29.2. The van der Waals surface area contributed by atoms with E-state index < -0.39 is 58.7 Å². The third-order valence-electron chi connectivity index (χ3n) is 8.67. The molecule has 17 heteroatoms. The standard InChI is InChI=1S/C27H33FN10O6/c1-11-8-14(34-24(41)32-11)21(40)31-9-15-19-26(37-22(29)36-19)27(42,43)16(10-38(26)23(30)33-15)35-20(39)12-4-5-13(28)17-18(12)44-7-6-25(17,2)3/h4-5,8,15-16,19,42-43H,1,6-7,9-10H2,2-3H3,(H2,30,33)(H,31,40)(H,35,39)(H3,29,36,37)(H2,32,34,41)/t15-,16?,19-,26-/m0/s1. The van der Waals surface area contributed by atoms with E-state index in [4.69, 9.17) is 16.2 Å². The van der Waals surface area contributed by atoms with Crippen molar-refractivity contribution in [2.75, 3.05) is 19.7 Å². The first-order valence-corrected chi connectivity index (χ1v) is 13.9. The molecule has 44 heavy (non-hydrogen) atoms. The number of nitrogens with zero attached hydrogens (tertiary/aromatic N) is 3. The number of halogens is 1. The molecule has 1 fully saturated rings. The molecule has 1 aromatic rings. The number of benzene rings is 1. The van der Waals surface area contributed by atoms with E-state index in [1.165, 1.54) is 23.1 Å². The van der Waals surface area contributed by atoms with Crippen molar-refractivity contribution in [2.24, 2.45) is 21.5 Å². The van der Waals surface area contributed by atoms with Crippen molar-refractivity contribution in [3.05, 3.63) is 53.1 Å². The van der Waals surface area contributed by atoms with Crippen LogP contribution in [0.4, 0.5) is 9.18 Å². The molecule has 0 aromatic heterocycles. The SMILES string of the molecule is C=C1C=C(C(=O)NC[C@@H]2N=C(N)N3CC(NC(=O)c4ccc(F)c5c4OCCC5(C)C)C(O)(O)[C@@]34NC(N)=N[C@@H]24)NC(=O)N1. The summed E-state index contributed by atoms with van der Waals surface area (Å²) in [5.74, 6) is -4.81. The van der Waals surface area contributed by atoms with E-state index >= 15 is 0 Å². The Labute approximate surface area is 250 Å². The van der Waals surface area contributed by atoms with Crippen LogP contribution in [-0.2, 0) is 10.2 Å². The van der Waals surface area contributed by atoms with Crippen LogP contribution in [0, 0.1) is 5.82 Å². The third kappa shape index (κ3) is 4.29. The summed E-state index contributed by atoms with van der Waals surface area (Å²) in [6, 6.07) is -1.58. The second kappa shape index (κ2) is 9.81. The fourth-order valence-corrected chi connectivity index (χ4v) is 6.50. The molecule has 5 aliphatic rings. The van der Waals surface area contributed by atoms with E-state index in [-0.39, 0.29) is 59.9 Å². The highest BCUT2D eigenvalue weighted by molar-refractivity contribution is 6.00. The lowest BCUT2D eigenvalue weighted by atomic mass is 9.78. The van der Waals surface area contributed by atoms with Crippen LogP contribution in [0.25, 0.3) is 0 Å². The summed E-state index contributed by atoms with van der Waals surface area (Å²) in [6.07, 6.45) is 1.89. The minimum atomic E-state index is -2.75. The van der Waals surface area contributed by atoms with E-state index in [0.717, 1.165) is 0 Å². The molecule has 11 N–H and O–H groups in total. The van der Waals surface area contributed by atoms with E-state index in [9.17, 15) is 29.0 Å². The van der Waals surface area contributed by atoms with Gasteiger partial charge in [-0.15, -0.1) is 0 Å². The molecule has 6 rings (SSSR count). The molecule has 0 bridgehead atoms. The Morgan fingerprint density at radius 2 is 1.98 bits per heavy atom. The van der Waals surface area contributed by atoms with Crippen LogP contribution >= 0.6 is 0 Å². The van der Waals surface area contributed by atoms with Gasteiger partial charge in [-0.25, -0.2) is 19.2 Å². The molecule has 16 nitrogen and oxygen atoms in total. The number of fused-ring (bicyclic) bond motifs is 1. The van der Waals surface area contributed by atoms with Crippen molar-refractivity contribution in [2.45, 2.75) is 55.3 Å². The van der Waals surface area contributed by atoms with Crippen molar-refractivity contribution in [3.63, 3.8) is 0 Å². The van der Waals surface area contributed by atoms with Gasteiger partial charge in [0.15, 0.2) is 17.6 Å². The van der Waals surface area contributed by atoms with Gasteiger partial charge in [0.1, 0.15) is 29.3 Å². The first-order chi connectivity index (χ1) is 20.7. The number of rotatable bonds is 5. The molecule has 1 spiro atoms. The molecule has 4 amide bonds. The maximum Gasteiger partial charge on any atom is 0.323 e. The minimum Gasteiger partial charge on any atom is -0.492 e. The van der Waals surface area contributed by atoms with Gasteiger partial charge in [0.2, 0.25) is 5.79 Å². The predicted octanol–water partition coefficient (Wildman–Crippen LogP) is -2.51. The molecule has 0 radical (unpaired) electrons. The molecular formula is C27H33FN10O6. The van der Waals surface area contributed by atoms with Gasteiger partial charge in [-0.05, 0) is 30.0 Å². The summed E-state index contributed by atoms with van der Waals surface area (Å²) in [5.41, 5.74) is 10.3. The lowest BCUT2D eigenvalue weighted by molar-refractivity contribution is -0.230. The van der Waals surface area contributed by atoms with Gasteiger partial charge in [-0.1, -0.05) is 20.4 Å². The summed E-state index contributed by atoms with van der Waals surface area (Å²) < 4.78 is 20.6. The zero-order valence-electron chi connectivity index (χ0n) is 23.9. The number of guanidine groups is 2. The highest BCUT2D eigenvalue weighted by atomic mass is 19.1. The molecule has 5 heterocycles. The first kappa shape index (κ1) is 29.2. The van der Waals surface area contributed by atoms with Crippen molar-refractivity contribution < 1.29 is 33.7 Å². The van der Waals surface area contributed by atoms with E-state index in [1.807, 2.05) is 13.8 Å². The average molecular weight is 613 g/mol. The summed E-state index contributed by atoms with van der Waals surface area (Å²) in [7, 11) is 0. The summed E-state index contributed by atoms with van der Waals surface area (Å²) in [5, 5.41) is 36.3. The summed E-state index contributed by atoms with van der Waals surface area (Å²) in [4.78, 5) is 48.2. The van der Waals surface area contributed by atoms with E-state index in [0.29, 0.717) is 6.42 Å². The largest absolute Gasteiger partial charge is 0.492 e. The van der Waals surface area contributed by atoms with Crippen LogP contribution in [-0.4, -0.2) is 94.1 Å². The van der Waals surface area contributed by atoms with Gasteiger partial charge in [0.05, 0.1) is 18.2 Å². The van der Waals surface area contributed by atoms with E-state index in [1.54, 1.807) is 0 Å². The van der Waals surface area contributed by atoms with Gasteiger partial charge < -0.3 is 57.9 Å². The molecule has 0 saturated carbocycles. The van der Waals surface area contributed by atoms with Gasteiger partial charge >= 0.3 is 6.03 Å². The van der Waals surface area contributed by atoms with Gasteiger partial charge in [-0.3, -0.25) is 9.59 Å². The number of aliphatic imine (C=N–C) groups is 2. The Kier molecular flexibility index (Phi) is 6.51. The highest BCUT2D eigenvalue weighted by Gasteiger charge is 2.73. The van der Waals surface area contributed by atoms with Crippen LogP contribution in [0.2, 0.25) is 0 Å². The van der Waals surface area contributed by atoms with Crippen LogP contribution in [0.15, 0.2) is 46.2 Å². The minimum absolute atomic E-state index is 0.0308. The van der Waals surface area contributed by atoms with Crippen LogP contribution in [0.5, 0.6) is 5.75 Å². The van der Waals surface area contributed by atoms with Crippen molar-refractivity contribution in [1.29, 1.82) is 0 Å². The lowest BCUT2D eigenvalue weighted by Gasteiger charge is -2.49. The molecule has 4 atom stereocenters. The number of allylic oxidation sites excluding steroid dienone is 1. The number of hydrogen-bond donors (Lipinski definition) is 9. The molecule has 234 valence electrons. The van der Waals surface area contributed by atoms with Crippen LogP contribution < -0.4 is 42.8 Å². The summed E-state index contributed by atoms with van der Waals surface area (Å²) in [6.45, 7) is 7.19. The molecule has 1 unspecified atom stereocenters. The number of nitrogens with two attached hydrogens (primary N) is 2. The van der Waals surface area contributed by atoms with Crippen LogP contribution in [0.3, 0.4) is 0 Å². The smallest absolute Gasteiger partial charge is 0.323 e. The van der Waals surface area contributed by atoms with Gasteiger partial charge in [-0.2, -0.15) is 0 Å². The number of ether oxygens (including phenoxy) is 1. The fourth-order valence-electron chi connectivity index (χ4n) is 6.50. The summed E-state index contributed by atoms with van der Waals surface area (Å²) >= 11 is 0. The maximum atomic E-state index is 14.8. The zero-order valence-corrected chi connectivity index (χ0v) is 23.9. The Balaban J connectivity index is 1.26. The van der Waals surface area contributed by atoms with Crippen LogP contribution in [0.1, 0.15) is 36.2 Å². The number of nitrogens with one attached hydrogen (secondary N) is 5. The molecule has 5 aliphatic heterocycles. The Hall–Kier alpha value is -4.90. The second-order valence-electron chi connectivity index (χ2n) is 11.9. The second-order valence-corrected chi connectivity index (χ2v) is 11.9. The molecule has 0 aliphatic carbocycles. The number of aliphatic hydroxyl groups is 2. The number of urea groups is 1. The highest BCUT2D eigenvalue weighted by Crippen LogP contribution is 2.46. The monoisotopic (exact) mass is 612 g/mol. The number of amides is 4. The van der Waals surface area contributed by atoms with Gasteiger partial charge in [0.25, 0.3) is 11.8 Å². The lowest BCUT2D eigenvalue weighted by Crippen LogP contribution is -2.78. The predicted molar refractivity (Wildman–Crippen MR) is 153 cm³/mol. The quantitative estimate of drug-likeness (QED) is 0.158. The number of hydrogen-bond acceptors (Lipinski definition) is 12. The zero-order chi connectivity index (χ0) is 31.8. The number of carbonyl (C=O) groups excluding carboxylic acids is 3. The van der Waals surface area contributed by atoms with Gasteiger partial charge in [0, 0.05) is 24.4 Å².